The van der Waals surface area contributed by atoms with E-state index in [1.807, 2.05) is 6.92 Å². The molecule has 0 radical (unpaired) electrons. The second kappa shape index (κ2) is 5.00. The lowest BCUT2D eigenvalue weighted by Crippen LogP contribution is -2.44. The van der Waals surface area contributed by atoms with Crippen molar-refractivity contribution in [1.82, 2.24) is 0 Å². The van der Waals surface area contributed by atoms with Gasteiger partial charge in [0.15, 0.2) is 5.60 Å². The predicted molar refractivity (Wildman–Crippen MR) is 62.9 cm³/mol. The van der Waals surface area contributed by atoms with Crippen LogP contribution in [0, 0.1) is 5.92 Å². The molecule has 1 aliphatic carbocycles. The standard InChI is InChI=1S/C13H22O3/c1-5-6-11-10(4)7-8-13(11,15)12(14)16-9(2)3/h9,11,15H,4-8H2,1-3H3/t11-,13+/m0/s1. The third-order valence-electron chi connectivity index (χ3n) is 3.17. The van der Waals surface area contributed by atoms with E-state index in [2.05, 4.69) is 6.58 Å². The van der Waals surface area contributed by atoms with Gasteiger partial charge in [0.05, 0.1) is 6.10 Å². The second-order valence-electron chi connectivity index (χ2n) is 4.88. The monoisotopic (exact) mass is 226 g/mol. The van der Waals surface area contributed by atoms with E-state index < -0.39 is 11.6 Å². The maximum atomic E-state index is 11.9. The molecular formula is C13H22O3. The first kappa shape index (κ1) is 13.2. The number of esters is 1. The third kappa shape index (κ3) is 2.46. The fourth-order valence-electron chi connectivity index (χ4n) is 2.33. The van der Waals surface area contributed by atoms with E-state index in [1.165, 1.54) is 0 Å². The topological polar surface area (TPSA) is 46.5 Å². The van der Waals surface area contributed by atoms with Gasteiger partial charge in [0.25, 0.3) is 0 Å². The van der Waals surface area contributed by atoms with Crippen LogP contribution in [0.25, 0.3) is 0 Å². The molecule has 1 N–H and O–H groups in total. The lowest BCUT2D eigenvalue weighted by molar-refractivity contribution is -0.173. The molecule has 0 spiro atoms. The Hall–Kier alpha value is -0.830. The highest BCUT2D eigenvalue weighted by Gasteiger charge is 2.50. The summed E-state index contributed by atoms with van der Waals surface area (Å²) in [5.74, 6) is -0.622. The van der Waals surface area contributed by atoms with Crippen LogP contribution in [0.1, 0.15) is 46.5 Å². The fraction of sp³-hybridized carbons (Fsp3) is 0.769. The summed E-state index contributed by atoms with van der Waals surface area (Å²) >= 11 is 0. The van der Waals surface area contributed by atoms with Crippen LogP contribution in [0.2, 0.25) is 0 Å². The number of aliphatic hydroxyl groups is 1. The molecule has 0 amide bonds. The Morgan fingerprint density at radius 1 is 1.69 bits per heavy atom. The van der Waals surface area contributed by atoms with Crippen LogP contribution < -0.4 is 0 Å². The minimum absolute atomic E-state index is 0.135. The smallest absolute Gasteiger partial charge is 0.339 e. The molecule has 3 heteroatoms. The summed E-state index contributed by atoms with van der Waals surface area (Å²) in [4.78, 5) is 11.9. The molecule has 0 bridgehead atoms. The predicted octanol–water partition coefficient (Wildman–Crippen LogP) is 2.44. The van der Waals surface area contributed by atoms with Crippen molar-refractivity contribution >= 4 is 5.97 Å². The Labute approximate surface area is 97.5 Å². The van der Waals surface area contributed by atoms with Crippen LogP contribution in [0.5, 0.6) is 0 Å². The Morgan fingerprint density at radius 3 is 2.81 bits per heavy atom. The van der Waals surface area contributed by atoms with Gasteiger partial charge in [0, 0.05) is 5.92 Å². The van der Waals surface area contributed by atoms with Gasteiger partial charge in [0.2, 0.25) is 0 Å². The molecule has 16 heavy (non-hydrogen) atoms. The van der Waals surface area contributed by atoms with E-state index in [0.29, 0.717) is 12.8 Å². The van der Waals surface area contributed by atoms with E-state index in [1.54, 1.807) is 13.8 Å². The summed E-state index contributed by atoms with van der Waals surface area (Å²) < 4.78 is 5.13. The zero-order valence-corrected chi connectivity index (χ0v) is 10.5. The summed E-state index contributed by atoms with van der Waals surface area (Å²) in [6.07, 6.45) is 2.70. The van der Waals surface area contributed by atoms with Gasteiger partial charge in [0.1, 0.15) is 0 Å². The molecule has 0 saturated heterocycles. The van der Waals surface area contributed by atoms with Crippen LogP contribution >= 0.6 is 0 Å². The van der Waals surface area contributed by atoms with Gasteiger partial charge in [-0.15, -0.1) is 0 Å². The van der Waals surface area contributed by atoms with Crippen molar-refractivity contribution in [1.29, 1.82) is 0 Å². The Balaban J connectivity index is 2.81. The highest BCUT2D eigenvalue weighted by Crippen LogP contribution is 2.42. The number of rotatable bonds is 4. The van der Waals surface area contributed by atoms with Crippen molar-refractivity contribution in [3.05, 3.63) is 12.2 Å². The summed E-state index contributed by atoms with van der Waals surface area (Å²) in [6.45, 7) is 9.57. The molecule has 0 aromatic rings. The number of ether oxygens (including phenoxy) is 1. The van der Waals surface area contributed by atoms with Crippen LogP contribution in [-0.4, -0.2) is 22.8 Å². The second-order valence-corrected chi connectivity index (χ2v) is 4.88. The first-order valence-electron chi connectivity index (χ1n) is 6.03. The molecule has 1 rings (SSSR count). The van der Waals surface area contributed by atoms with E-state index in [0.717, 1.165) is 18.4 Å². The van der Waals surface area contributed by atoms with Crippen molar-refractivity contribution in [2.24, 2.45) is 5.92 Å². The first-order chi connectivity index (χ1) is 7.41. The van der Waals surface area contributed by atoms with E-state index in [9.17, 15) is 9.90 Å². The van der Waals surface area contributed by atoms with Gasteiger partial charge >= 0.3 is 5.97 Å². The molecule has 0 aromatic carbocycles. The lowest BCUT2D eigenvalue weighted by atomic mass is 9.85. The molecule has 0 aliphatic heterocycles. The normalized spacial score (nSPS) is 29.8. The van der Waals surface area contributed by atoms with E-state index >= 15 is 0 Å². The van der Waals surface area contributed by atoms with Crippen LogP contribution in [0.3, 0.4) is 0 Å². The highest BCUT2D eigenvalue weighted by molar-refractivity contribution is 5.81. The molecule has 1 saturated carbocycles. The summed E-state index contributed by atoms with van der Waals surface area (Å²) in [7, 11) is 0. The first-order valence-corrected chi connectivity index (χ1v) is 6.03. The van der Waals surface area contributed by atoms with Crippen LogP contribution in [-0.2, 0) is 9.53 Å². The molecular weight excluding hydrogens is 204 g/mol. The maximum absolute atomic E-state index is 11.9. The van der Waals surface area contributed by atoms with Crippen molar-refractivity contribution in [3.8, 4) is 0 Å². The molecule has 0 heterocycles. The SMILES string of the molecule is C=C1CC[C@](O)(C(=O)OC(C)C)[C@H]1CCC. The third-order valence-corrected chi connectivity index (χ3v) is 3.17. The average molecular weight is 226 g/mol. The maximum Gasteiger partial charge on any atom is 0.339 e. The minimum Gasteiger partial charge on any atom is -0.461 e. The van der Waals surface area contributed by atoms with Gasteiger partial charge in [-0.25, -0.2) is 4.79 Å². The molecule has 92 valence electrons. The van der Waals surface area contributed by atoms with E-state index in [-0.39, 0.29) is 12.0 Å². The summed E-state index contributed by atoms with van der Waals surface area (Å²) in [5.41, 5.74) is -0.359. The van der Waals surface area contributed by atoms with E-state index in [4.69, 9.17) is 4.74 Å². The fourth-order valence-corrected chi connectivity index (χ4v) is 2.33. The van der Waals surface area contributed by atoms with Gasteiger partial charge in [-0.1, -0.05) is 25.5 Å². The van der Waals surface area contributed by atoms with Crippen molar-refractivity contribution < 1.29 is 14.6 Å². The zero-order valence-electron chi connectivity index (χ0n) is 10.5. The zero-order chi connectivity index (χ0) is 12.3. The van der Waals surface area contributed by atoms with Crippen molar-refractivity contribution in [3.63, 3.8) is 0 Å². The average Bonchev–Trinajstić information content (AvgIpc) is 2.47. The molecule has 1 aliphatic rings. The van der Waals surface area contributed by atoms with Gasteiger partial charge in [-0.2, -0.15) is 0 Å². The van der Waals surface area contributed by atoms with Gasteiger partial charge in [-0.3, -0.25) is 0 Å². The van der Waals surface area contributed by atoms with Crippen LogP contribution in [0.15, 0.2) is 12.2 Å². The Kier molecular flexibility index (Phi) is 4.14. The van der Waals surface area contributed by atoms with Gasteiger partial charge in [-0.05, 0) is 33.1 Å². The molecule has 2 atom stereocenters. The number of hydrogen-bond donors (Lipinski definition) is 1. The van der Waals surface area contributed by atoms with Gasteiger partial charge < -0.3 is 9.84 Å². The van der Waals surface area contributed by atoms with Crippen LogP contribution in [0.4, 0.5) is 0 Å². The molecule has 3 nitrogen and oxygen atoms in total. The number of carbonyl (C=O) groups is 1. The molecule has 0 aromatic heterocycles. The quantitative estimate of drug-likeness (QED) is 0.591. The Morgan fingerprint density at radius 2 is 2.31 bits per heavy atom. The van der Waals surface area contributed by atoms with Crippen molar-refractivity contribution in [2.45, 2.75) is 58.2 Å². The largest absolute Gasteiger partial charge is 0.461 e. The lowest BCUT2D eigenvalue weighted by Gasteiger charge is -2.28. The minimum atomic E-state index is -1.34. The van der Waals surface area contributed by atoms with Crippen molar-refractivity contribution in [2.75, 3.05) is 0 Å². The summed E-state index contributed by atoms with van der Waals surface area (Å²) in [5, 5.41) is 10.4. The summed E-state index contributed by atoms with van der Waals surface area (Å²) in [6, 6.07) is 0. The number of hydrogen-bond acceptors (Lipinski definition) is 3. The highest BCUT2D eigenvalue weighted by atomic mass is 16.6. The molecule has 0 unspecified atom stereocenters. The molecule has 1 fully saturated rings. The Bertz CT molecular complexity index is 283. The number of carbonyl (C=O) groups excluding carboxylic acids is 1.